The van der Waals surface area contributed by atoms with Crippen LogP contribution < -0.4 is 14.4 Å². The zero-order chi connectivity index (χ0) is 28.4. The number of nitrogens with zero attached hydrogens (tertiary/aromatic N) is 2. The van der Waals surface area contributed by atoms with E-state index < -0.39 is 28.5 Å². The number of hydrogen-bond acceptors (Lipinski definition) is 5. The van der Waals surface area contributed by atoms with Crippen molar-refractivity contribution in [3.8, 4) is 5.75 Å². The largest absolute Gasteiger partial charge is 0.497 e. The van der Waals surface area contributed by atoms with Gasteiger partial charge in [0.25, 0.3) is 10.0 Å². The van der Waals surface area contributed by atoms with Crippen molar-refractivity contribution in [1.82, 2.24) is 10.2 Å². The Bertz CT molecular complexity index is 1370. The van der Waals surface area contributed by atoms with Crippen molar-refractivity contribution in [2.45, 2.75) is 44.2 Å². The van der Waals surface area contributed by atoms with Gasteiger partial charge >= 0.3 is 0 Å². The second-order valence-corrected chi connectivity index (χ2v) is 11.7. The lowest BCUT2D eigenvalue weighted by Gasteiger charge is -2.33. The van der Waals surface area contributed by atoms with Crippen molar-refractivity contribution >= 4 is 43.5 Å². The third kappa shape index (κ3) is 7.83. The monoisotopic (exact) mass is 615 g/mol. The molecule has 0 aromatic heterocycles. The van der Waals surface area contributed by atoms with Crippen molar-refractivity contribution in [3.63, 3.8) is 0 Å². The Morgan fingerprint density at radius 1 is 0.974 bits per heavy atom. The van der Waals surface area contributed by atoms with Gasteiger partial charge in [-0.3, -0.25) is 13.9 Å². The Balaban J connectivity index is 2.05. The van der Waals surface area contributed by atoms with Crippen LogP contribution >= 0.6 is 15.9 Å². The van der Waals surface area contributed by atoms with Crippen LogP contribution in [-0.2, 0) is 26.2 Å². The topological polar surface area (TPSA) is 96.0 Å². The number of rotatable bonds is 13. The zero-order valence-electron chi connectivity index (χ0n) is 22.3. The molecule has 2 amide bonds. The standard InChI is InChI=1S/C29H34BrN3O5S/c1-4-17-31-29(35)27(5-2)32(20-22-11-9-14-25(18-22)38-3)28(34)21-33(24-13-10-12-23(30)19-24)39(36,37)26-15-7-6-8-16-26/h6-16,18-19,27H,4-5,17,20-21H2,1-3H3,(H,31,35)/t27-/m1/s1. The highest BCUT2D eigenvalue weighted by molar-refractivity contribution is 9.10. The van der Waals surface area contributed by atoms with Crippen molar-refractivity contribution in [1.29, 1.82) is 0 Å². The molecule has 0 fully saturated rings. The van der Waals surface area contributed by atoms with Crippen LogP contribution in [-0.4, -0.2) is 51.4 Å². The zero-order valence-corrected chi connectivity index (χ0v) is 24.7. The van der Waals surface area contributed by atoms with E-state index in [0.717, 1.165) is 16.3 Å². The fourth-order valence-electron chi connectivity index (χ4n) is 4.13. The van der Waals surface area contributed by atoms with Gasteiger partial charge in [-0.05, 0) is 60.9 Å². The molecule has 1 atom stereocenters. The summed E-state index contributed by atoms with van der Waals surface area (Å²) in [4.78, 5) is 28.7. The molecule has 39 heavy (non-hydrogen) atoms. The van der Waals surface area contributed by atoms with E-state index in [9.17, 15) is 18.0 Å². The number of carbonyl (C=O) groups is 2. The third-order valence-corrected chi connectivity index (χ3v) is 8.41. The number of halogens is 1. The van der Waals surface area contributed by atoms with Gasteiger partial charge in [-0.2, -0.15) is 0 Å². The summed E-state index contributed by atoms with van der Waals surface area (Å²) in [5, 5.41) is 2.88. The second kappa shape index (κ2) is 14.1. The molecule has 0 spiro atoms. The summed E-state index contributed by atoms with van der Waals surface area (Å²) in [6, 6.07) is 21.2. The van der Waals surface area contributed by atoms with Gasteiger partial charge in [-0.15, -0.1) is 0 Å². The lowest BCUT2D eigenvalue weighted by molar-refractivity contribution is -0.140. The minimum absolute atomic E-state index is 0.0600. The van der Waals surface area contributed by atoms with Crippen LogP contribution in [0.2, 0.25) is 0 Å². The molecule has 1 N–H and O–H groups in total. The van der Waals surface area contributed by atoms with Crippen molar-refractivity contribution in [2.75, 3.05) is 24.5 Å². The van der Waals surface area contributed by atoms with Gasteiger partial charge in [-0.1, -0.05) is 66.2 Å². The second-order valence-electron chi connectivity index (χ2n) is 8.89. The summed E-state index contributed by atoms with van der Waals surface area (Å²) in [6.45, 7) is 3.86. The Labute approximate surface area is 239 Å². The fraction of sp³-hybridized carbons (Fsp3) is 0.310. The third-order valence-electron chi connectivity index (χ3n) is 6.13. The molecular weight excluding hydrogens is 582 g/mol. The van der Waals surface area contributed by atoms with E-state index in [0.29, 0.717) is 28.9 Å². The van der Waals surface area contributed by atoms with E-state index in [-0.39, 0.29) is 17.3 Å². The van der Waals surface area contributed by atoms with E-state index in [4.69, 9.17) is 4.74 Å². The maximum Gasteiger partial charge on any atom is 0.264 e. The summed E-state index contributed by atoms with van der Waals surface area (Å²) < 4.78 is 34.7. The van der Waals surface area contributed by atoms with Gasteiger partial charge in [0.05, 0.1) is 17.7 Å². The summed E-state index contributed by atoms with van der Waals surface area (Å²) >= 11 is 3.40. The Kier molecular flexibility index (Phi) is 10.9. The molecule has 0 saturated heterocycles. The summed E-state index contributed by atoms with van der Waals surface area (Å²) in [6.07, 6.45) is 1.10. The van der Waals surface area contributed by atoms with E-state index >= 15 is 0 Å². The number of anilines is 1. The van der Waals surface area contributed by atoms with Gasteiger partial charge in [0.15, 0.2) is 0 Å². The molecule has 8 nitrogen and oxygen atoms in total. The van der Waals surface area contributed by atoms with Gasteiger partial charge in [-0.25, -0.2) is 8.42 Å². The molecule has 0 aliphatic heterocycles. The van der Waals surface area contributed by atoms with E-state index in [2.05, 4.69) is 21.2 Å². The average molecular weight is 617 g/mol. The molecule has 3 aromatic carbocycles. The number of nitrogens with one attached hydrogen (secondary N) is 1. The molecule has 0 radical (unpaired) electrons. The summed E-state index contributed by atoms with van der Waals surface area (Å²) in [5.41, 5.74) is 1.08. The Hall–Kier alpha value is -3.37. The minimum Gasteiger partial charge on any atom is -0.497 e. The van der Waals surface area contributed by atoms with E-state index in [1.165, 1.54) is 17.0 Å². The van der Waals surface area contributed by atoms with Crippen molar-refractivity contribution in [3.05, 3.63) is 88.9 Å². The molecule has 0 saturated carbocycles. The number of ether oxygens (including phenoxy) is 1. The van der Waals surface area contributed by atoms with Crippen LogP contribution in [0.5, 0.6) is 5.75 Å². The first-order valence-electron chi connectivity index (χ1n) is 12.7. The SMILES string of the molecule is CCCNC(=O)[C@@H](CC)N(Cc1cccc(OC)c1)C(=O)CN(c1cccc(Br)c1)S(=O)(=O)c1ccccc1. The molecule has 0 aliphatic carbocycles. The first-order chi connectivity index (χ1) is 18.7. The molecular formula is C29H34BrN3O5S. The fourth-order valence-corrected chi connectivity index (χ4v) is 5.95. The normalized spacial score (nSPS) is 11.9. The van der Waals surface area contributed by atoms with Crippen LogP contribution in [0.3, 0.4) is 0 Å². The highest BCUT2D eigenvalue weighted by Crippen LogP contribution is 2.27. The van der Waals surface area contributed by atoms with Crippen molar-refractivity contribution in [2.24, 2.45) is 0 Å². The minimum atomic E-state index is -4.11. The smallest absolute Gasteiger partial charge is 0.264 e. The molecule has 10 heteroatoms. The number of methoxy groups -OCH3 is 1. The van der Waals surface area contributed by atoms with Gasteiger partial charge in [0.1, 0.15) is 18.3 Å². The lowest BCUT2D eigenvalue weighted by Crippen LogP contribution is -2.52. The molecule has 208 valence electrons. The van der Waals surface area contributed by atoms with E-state index in [1.807, 2.05) is 26.0 Å². The summed E-state index contributed by atoms with van der Waals surface area (Å²) in [5.74, 6) is -0.169. The van der Waals surface area contributed by atoms with Gasteiger partial charge in [0, 0.05) is 17.6 Å². The summed E-state index contributed by atoms with van der Waals surface area (Å²) in [7, 11) is -2.55. The molecule has 3 rings (SSSR count). The Morgan fingerprint density at radius 3 is 2.33 bits per heavy atom. The number of carbonyl (C=O) groups excluding carboxylic acids is 2. The van der Waals surface area contributed by atoms with Crippen LogP contribution in [0.1, 0.15) is 32.3 Å². The van der Waals surface area contributed by atoms with Crippen LogP contribution in [0.4, 0.5) is 5.69 Å². The lowest BCUT2D eigenvalue weighted by atomic mass is 10.1. The predicted molar refractivity (Wildman–Crippen MR) is 156 cm³/mol. The number of amides is 2. The highest BCUT2D eigenvalue weighted by Gasteiger charge is 2.33. The number of hydrogen-bond donors (Lipinski definition) is 1. The average Bonchev–Trinajstić information content (AvgIpc) is 2.95. The Morgan fingerprint density at radius 2 is 1.69 bits per heavy atom. The van der Waals surface area contributed by atoms with E-state index in [1.54, 1.807) is 61.7 Å². The number of sulfonamides is 1. The van der Waals surface area contributed by atoms with Crippen molar-refractivity contribution < 1.29 is 22.7 Å². The maximum absolute atomic E-state index is 14.0. The van der Waals surface area contributed by atoms with Gasteiger partial charge < -0.3 is 15.0 Å². The van der Waals surface area contributed by atoms with Gasteiger partial charge in [0.2, 0.25) is 11.8 Å². The quantitative estimate of drug-likeness (QED) is 0.292. The molecule has 0 unspecified atom stereocenters. The number of benzene rings is 3. The molecule has 0 heterocycles. The first-order valence-corrected chi connectivity index (χ1v) is 15.0. The maximum atomic E-state index is 14.0. The first kappa shape index (κ1) is 30.2. The molecule has 0 aliphatic rings. The van der Waals surface area contributed by atoms with Crippen LogP contribution in [0.15, 0.2) is 88.2 Å². The van der Waals surface area contributed by atoms with Crippen LogP contribution in [0, 0.1) is 0 Å². The predicted octanol–water partition coefficient (Wildman–Crippen LogP) is 4.99. The van der Waals surface area contributed by atoms with Crippen LogP contribution in [0.25, 0.3) is 0 Å². The molecule has 0 bridgehead atoms. The highest BCUT2D eigenvalue weighted by atomic mass is 79.9. The molecule has 3 aromatic rings.